The van der Waals surface area contributed by atoms with Crippen LogP contribution in [0.15, 0.2) is 23.4 Å². The number of anilines is 2. The van der Waals surface area contributed by atoms with E-state index in [1.807, 2.05) is 25.2 Å². The van der Waals surface area contributed by atoms with E-state index in [4.69, 9.17) is 9.94 Å². The quantitative estimate of drug-likeness (QED) is 0.638. The highest BCUT2D eigenvalue weighted by Crippen LogP contribution is 2.33. The summed E-state index contributed by atoms with van der Waals surface area (Å²) in [4.78, 5) is 26.3. The van der Waals surface area contributed by atoms with Gasteiger partial charge in [0.2, 0.25) is 5.91 Å². The molecule has 8 heteroatoms. The third kappa shape index (κ3) is 2.79. The molecule has 23 heavy (non-hydrogen) atoms. The van der Waals surface area contributed by atoms with Crippen molar-refractivity contribution >= 4 is 29.2 Å². The Labute approximate surface area is 133 Å². The fraction of sp³-hybridized carbons (Fsp3) is 0.400. The number of rotatable bonds is 3. The zero-order valence-corrected chi connectivity index (χ0v) is 12.9. The lowest BCUT2D eigenvalue weighted by Crippen LogP contribution is -2.33. The van der Waals surface area contributed by atoms with Gasteiger partial charge in [0.15, 0.2) is 5.84 Å². The van der Waals surface area contributed by atoms with Gasteiger partial charge in [0, 0.05) is 31.8 Å². The molecule has 1 aromatic carbocycles. The van der Waals surface area contributed by atoms with Crippen LogP contribution in [0.4, 0.5) is 16.2 Å². The smallest absolute Gasteiger partial charge is 0.414 e. The minimum absolute atomic E-state index is 0.157. The van der Waals surface area contributed by atoms with E-state index >= 15 is 0 Å². The van der Waals surface area contributed by atoms with E-state index in [9.17, 15) is 9.59 Å². The number of fused-ring (bicyclic) bond motifs is 1. The molecule has 0 bridgehead atoms. The highest BCUT2D eigenvalue weighted by Gasteiger charge is 2.33. The maximum atomic E-state index is 12.0. The molecule has 2 heterocycles. The largest absolute Gasteiger partial charge is 0.442 e. The first kappa shape index (κ1) is 15.1. The van der Waals surface area contributed by atoms with Crippen LogP contribution < -0.4 is 15.1 Å². The molecule has 1 fully saturated rings. The van der Waals surface area contributed by atoms with Gasteiger partial charge in [-0.3, -0.25) is 9.69 Å². The number of carbonyl (C=O) groups is 2. The Morgan fingerprint density at radius 3 is 3.00 bits per heavy atom. The topological polar surface area (TPSA) is 94.5 Å². The van der Waals surface area contributed by atoms with Crippen molar-refractivity contribution in [3.8, 4) is 0 Å². The van der Waals surface area contributed by atoms with Gasteiger partial charge in [-0.25, -0.2) is 4.79 Å². The zero-order chi connectivity index (χ0) is 16.6. The van der Waals surface area contributed by atoms with E-state index in [1.54, 1.807) is 9.80 Å². The Kier molecular flexibility index (Phi) is 3.81. The minimum Gasteiger partial charge on any atom is -0.442 e. The van der Waals surface area contributed by atoms with Gasteiger partial charge >= 0.3 is 6.09 Å². The van der Waals surface area contributed by atoms with E-state index in [1.165, 1.54) is 6.92 Å². The number of oxime groups is 1. The molecule has 2 aliphatic rings. The number of benzene rings is 1. The zero-order valence-electron chi connectivity index (χ0n) is 12.9. The molecule has 2 aliphatic heterocycles. The summed E-state index contributed by atoms with van der Waals surface area (Å²) in [5.74, 6) is 0.403. The van der Waals surface area contributed by atoms with Crippen molar-refractivity contribution in [2.75, 3.05) is 29.9 Å². The predicted molar refractivity (Wildman–Crippen MR) is 84.1 cm³/mol. The van der Waals surface area contributed by atoms with Crippen LogP contribution in [-0.4, -0.2) is 49.3 Å². The maximum Gasteiger partial charge on any atom is 0.414 e. The average Bonchev–Trinajstić information content (AvgIpc) is 3.05. The molecule has 1 unspecified atom stereocenters. The summed E-state index contributed by atoms with van der Waals surface area (Å²) in [5.41, 5.74) is 2.66. The molecule has 0 aromatic heterocycles. The number of ether oxygens (including phenoxy) is 1. The Morgan fingerprint density at radius 2 is 2.30 bits per heavy atom. The number of carbonyl (C=O) groups excluding carboxylic acids is 2. The first-order chi connectivity index (χ1) is 11.0. The van der Waals surface area contributed by atoms with Crippen LogP contribution in [-0.2, 0) is 16.0 Å². The number of amidine groups is 1. The molecule has 2 N–H and O–H groups in total. The normalized spacial score (nSPS) is 21.6. The Bertz CT molecular complexity index is 688. The summed E-state index contributed by atoms with van der Waals surface area (Å²) in [6.45, 7) is 2.10. The second kappa shape index (κ2) is 5.79. The second-order valence-corrected chi connectivity index (χ2v) is 5.62. The van der Waals surface area contributed by atoms with E-state index < -0.39 is 6.09 Å². The van der Waals surface area contributed by atoms with Crippen LogP contribution in [0.5, 0.6) is 0 Å². The van der Waals surface area contributed by atoms with Crippen LogP contribution in [0, 0.1) is 0 Å². The number of hydrogen-bond acceptors (Lipinski definition) is 5. The molecule has 122 valence electrons. The van der Waals surface area contributed by atoms with Crippen molar-refractivity contribution in [2.45, 2.75) is 19.4 Å². The third-order valence-electron chi connectivity index (χ3n) is 4.04. The SMILES string of the molecule is CC(=O)NCC1CN(c2ccc3c(c2)CC(=NO)N3C)C(=O)O1. The highest BCUT2D eigenvalue weighted by molar-refractivity contribution is 6.05. The number of hydrogen-bond donors (Lipinski definition) is 2. The molecule has 0 saturated carbocycles. The summed E-state index contributed by atoms with van der Waals surface area (Å²) in [5, 5.41) is 14.9. The van der Waals surface area contributed by atoms with Crippen LogP contribution in [0.25, 0.3) is 0 Å². The van der Waals surface area contributed by atoms with Crippen molar-refractivity contribution in [3.05, 3.63) is 23.8 Å². The van der Waals surface area contributed by atoms with Crippen molar-refractivity contribution < 1.29 is 19.5 Å². The van der Waals surface area contributed by atoms with Gasteiger partial charge < -0.3 is 20.2 Å². The number of cyclic esters (lactones) is 1. The molecule has 1 saturated heterocycles. The van der Waals surface area contributed by atoms with E-state index in [-0.39, 0.29) is 12.0 Å². The Hall–Kier alpha value is -2.77. The van der Waals surface area contributed by atoms with Crippen LogP contribution in [0.3, 0.4) is 0 Å². The van der Waals surface area contributed by atoms with Gasteiger partial charge in [0.1, 0.15) is 6.10 Å². The van der Waals surface area contributed by atoms with Crippen LogP contribution in [0.2, 0.25) is 0 Å². The Balaban J connectivity index is 1.76. The molecule has 0 radical (unpaired) electrons. The molecule has 8 nitrogen and oxygen atoms in total. The lowest BCUT2D eigenvalue weighted by Gasteiger charge is -2.16. The molecule has 1 aromatic rings. The van der Waals surface area contributed by atoms with Crippen molar-refractivity contribution in [2.24, 2.45) is 5.16 Å². The maximum absolute atomic E-state index is 12.0. The summed E-state index contributed by atoms with van der Waals surface area (Å²) in [7, 11) is 1.83. The molecule has 1 atom stereocenters. The lowest BCUT2D eigenvalue weighted by molar-refractivity contribution is -0.119. The van der Waals surface area contributed by atoms with Crippen LogP contribution >= 0.6 is 0 Å². The number of amides is 2. The minimum atomic E-state index is -0.428. The summed E-state index contributed by atoms with van der Waals surface area (Å²) < 4.78 is 5.26. The van der Waals surface area contributed by atoms with E-state index in [0.717, 1.165) is 16.9 Å². The van der Waals surface area contributed by atoms with Crippen LogP contribution in [0.1, 0.15) is 12.5 Å². The van der Waals surface area contributed by atoms with Gasteiger partial charge in [0.25, 0.3) is 0 Å². The molecule has 0 spiro atoms. The highest BCUT2D eigenvalue weighted by atomic mass is 16.6. The van der Waals surface area contributed by atoms with Crippen molar-refractivity contribution in [1.29, 1.82) is 0 Å². The van der Waals surface area contributed by atoms with Gasteiger partial charge in [-0.2, -0.15) is 0 Å². The summed E-state index contributed by atoms with van der Waals surface area (Å²) in [6.07, 6.45) is -0.284. The first-order valence-electron chi connectivity index (χ1n) is 7.29. The van der Waals surface area contributed by atoms with Gasteiger partial charge in [-0.05, 0) is 23.8 Å². The van der Waals surface area contributed by atoms with Crippen molar-refractivity contribution in [1.82, 2.24) is 5.32 Å². The molecule has 2 amide bonds. The molecule has 0 aliphatic carbocycles. The van der Waals surface area contributed by atoms with Crippen molar-refractivity contribution in [3.63, 3.8) is 0 Å². The molecular formula is C15H18N4O4. The number of likely N-dealkylation sites (N-methyl/N-ethyl adjacent to an activating group) is 1. The van der Waals surface area contributed by atoms with Gasteiger partial charge in [0.05, 0.1) is 13.1 Å². The summed E-state index contributed by atoms with van der Waals surface area (Å²) in [6, 6.07) is 5.61. The lowest BCUT2D eigenvalue weighted by atomic mass is 10.1. The monoisotopic (exact) mass is 318 g/mol. The molecule has 3 rings (SSSR count). The Morgan fingerprint density at radius 1 is 1.52 bits per heavy atom. The average molecular weight is 318 g/mol. The third-order valence-corrected chi connectivity index (χ3v) is 4.04. The van der Waals surface area contributed by atoms with E-state index in [0.29, 0.717) is 25.3 Å². The molecular weight excluding hydrogens is 300 g/mol. The van der Waals surface area contributed by atoms with Gasteiger partial charge in [-0.1, -0.05) is 5.16 Å². The fourth-order valence-electron chi connectivity index (χ4n) is 2.84. The fourth-order valence-corrected chi connectivity index (χ4v) is 2.84. The number of nitrogens with one attached hydrogen (secondary N) is 1. The van der Waals surface area contributed by atoms with Gasteiger partial charge in [-0.15, -0.1) is 0 Å². The second-order valence-electron chi connectivity index (χ2n) is 5.62. The standard InChI is InChI=1S/C15H18N4O4/c1-9(20)16-7-12-8-19(15(21)23-12)11-3-4-13-10(5-11)6-14(17-22)18(13)2/h3-5,12,22H,6-8H2,1-2H3,(H,16,20). The first-order valence-corrected chi connectivity index (χ1v) is 7.29. The summed E-state index contributed by atoms with van der Waals surface area (Å²) >= 11 is 0. The predicted octanol–water partition coefficient (Wildman–Crippen LogP) is 0.928. The number of nitrogens with zero attached hydrogens (tertiary/aromatic N) is 3. The van der Waals surface area contributed by atoms with E-state index in [2.05, 4.69) is 10.5 Å².